The normalized spacial score (nSPS) is 16.3. The smallest absolute Gasteiger partial charge is 0.227 e. The van der Waals surface area contributed by atoms with Crippen LogP contribution in [-0.4, -0.2) is 35.9 Å². The van der Waals surface area contributed by atoms with Gasteiger partial charge in [0.15, 0.2) is 0 Å². The molecule has 1 aliphatic heterocycles. The molecule has 1 atom stereocenters. The Bertz CT molecular complexity index is 1110. The van der Waals surface area contributed by atoms with Crippen LogP contribution in [0.5, 0.6) is 0 Å². The van der Waals surface area contributed by atoms with E-state index in [1.165, 1.54) is 0 Å². The lowest BCUT2D eigenvalue weighted by molar-refractivity contribution is -0.135. The second-order valence-corrected chi connectivity index (χ2v) is 8.68. The molecule has 2 heterocycles. The van der Waals surface area contributed by atoms with Crippen LogP contribution in [0.2, 0.25) is 0 Å². The molecule has 1 saturated heterocycles. The number of fused-ring (bicyclic) bond motifs is 1. The molecule has 5 nitrogen and oxygen atoms in total. The molecule has 3 aromatic rings. The second kappa shape index (κ2) is 8.85. The topological polar surface area (TPSA) is 60.2 Å². The van der Waals surface area contributed by atoms with Crippen LogP contribution >= 0.6 is 15.9 Å². The number of hydrogen-bond acceptors (Lipinski definition) is 4. The standard InChI is InChI=1S/C24H23BrN4O/c1-28(15-17-6-3-2-4-7-17)24(30)18-8-5-11-29(16-18)23-12-19(14-26)21-13-20(25)9-10-22(21)27-23/h2-4,6-7,9-10,12-13,18H,5,8,11,15-16H2,1H3/t18-/m0/s1. The maximum absolute atomic E-state index is 13.1. The number of nitriles is 1. The summed E-state index contributed by atoms with van der Waals surface area (Å²) in [6, 6.07) is 20.0. The Labute approximate surface area is 185 Å². The summed E-state index contributed by atoms with van der Waals surface area (Å²) in [7, 11) is 1.87. The molecule has 0 saturated carbocycles. The first-order valence-electron chi connectivity index (χ1n) is 10.1. The second-order valence-electron chi connectivity index (χ2n) is 7.77. The van der Waals surface area contributed by atoms with Gasteiger partial charge in [-0.3, -0.25) is 4.79 Å². The van der Waals surface area contributed by atoms with E-state index in [0.29, 0.717) is 18.7 Å². The number of anilines is 1. The van der Waals surface area contributed by atoms with Gasteiger partial charge in [0.2, 0.25) is 5.91 Å². The van der Waals surface area contributed by atoms with E-state index in [1.807, 2.05) is 66.5 Å². The molecule has 0 unspecified atom stereocenters. The molecule has 1 aromatic heterocycles. The van der Waals surface area contributed by atoms with Gasteiger partial charge in [-0.2, -0.15) is 5.26 Å². The van der Waals surface area contributed by atoms with Crippen molar-refractivity contribution < 1.29 is 4.79 Å². The summed E-state index contributed by atoms with van der Waals surface area (Å²) >= 11 is 3.46. The van der Waals surface area contributed by atoms with Crippen molar-refractivity contribution in [2.75, 3.05) is 25.0 Å². The van der Waals surface area contributed by atoms with Gasteiger partial charge in [0.25, 0.3) is 0 Å². The predicted molar refractivity (Wildman–Crippen MR) is 122 cm³/mol. The fourth-order valence-electron chi connectivity index (χ4n) is 4.07. The van der Waals surface area contributed by atoms with Crippen LogP contribution in [0, 0.1) is 17.2 Å². The Morgan fingerprint density at radius 1 is 1.27 bits per heavy atom. The Morgan fingerprint density at radius 2 is 2.07 bits per heavy atom. The minimum atomic E-state index is -0.0691. The Balaban J connectivity index is 1.53. The molecule has 30 heavy (non-hydrogen) atoms. The Hall–Kier alpha value is -2.91. The van der Waals surface area contributed by atoms with Crippen molar-refractivity contribution in [2.45, 2.75) is 19.4 Å². The van der Waals surface area contributed by atoms with Crippen molar-refractivity contribution in [3.63, 3.8) is 0 Å². The van der Waals surface area contributed by atoms with E-state index in [-0.39, 0.29) is 11.8 Å². The van der Waals surface area contributed by atoms with E-state index < -0.39 is 0 Å². The number of piperidine rings is 1. The third-order valence-corrected chi connectivity index (χ3v) is 6.10. The van der Waals surface area contributed by atoms with Gasteiger partial charge >= 0.3 is 0 Å². The molecular formula is C24H23BrN4O. The van der Waals surface area contributed by atoms with Gasteiger partial charge in [-0.15, -0.1) is 0 Å². The van der Waals surface area contributed by atoms with Crippen LogP contribution in [-0.2, 0) is 11.3 Å². The molecular weight excluding hydrogens is 440 g/mol. The van der Waals surface area contributed by atoms with Crippen molar-refractivity contribution >= 4 is 38.6 Å². The van der Waals surface area contributed by atoms with Crippen molar-refractivity contribution in [3.8, 4) is 6.07 Å². The summed E-state index contributed by atoms with van der Waals surface area (Å²) in [5.74, 6) is 0.860. The highest BCUT2D eigenvalue weighted by Gasteiger charge is 2.29. The highest BCUT2D eigenvalue weighted by Crippen LogP contribution is 2.28. The van der Waals surface area contributed by atoms with Crippen LogP contribution in [0.15, 0.2) is 59.1 Å². The number of benzene rings is 2. The molecule has 4 rings (SSSR count). The zero-order chi connectivity index (χ0) is 21.1. The first-order chi connectivity index (χ1) is 14.5. The van der Waals surface area contributed by atoms with Crippen LogP contribution in [0.25, 0.3) is 10.9 Å². The van der Waals surface area contributed by atoms with E-state index in [4.69, 9.17) is 4.98 Å². The number of rotatable bonds is 4. The van der Waals surface area contributed by atoms with Crippen LogP contribution in [0.3, 0.4) is 0 Å². The Morgan fingerprint density at radius 3 is 2.83 bits per heavy atom. The lowest BCUT2D eigenvalue weighted by Gasteiger charge is -2.35. The first-order valence-corrected chi connectivity index (χ1v) is 10.9. The monoisotopic (exact) mass is 462 g/mol. The minimum Gasteiger partial charge on any atom is -0.356 e. The van der Waals surface area contributed by atoms with E-state index in [2.05, 4.69) is 26.9 Å². The summed E-state index contributed by atoms with van der Waals surface area (Å²) in [6.45, 7) is 2.07. The fraction of sp³-hybridized carbons (Fsp3) is 0.292. The maximum atomic E-state index is 13.1. The molecule has 1 amide bonds. The molecule has 152 valence electrons. The van der Waals surface area contributed by atoms with Crippen molar-refractivity contribution in [2.24, 2.45) is 5.92 Å². The highest BCUT2D eigenvalue weighted by atomic mass is 79.9. The van der Waals surface area contributed by atoms with Crippen LogP contribution in [0.4, 0.5) is 5.82 Å². The van der Waals surface area contributed by atoms with Gasteiger partial charge in [-0.05, 0) is 42.7 Å². The van der Waals surface area contributed by atoms with E-state index >= 15 is 0 Å². The number of halogens is 1. The zero-order valence-corrected chi connectivity index (χ0v) is 18.5. The lowest BCUT2D eigenvalue weighted by Crippen LogP contribution is -2.43. The number of hydrogen-bond donors (Lipinski definition) is 0. The maximum Gasteiger partial charge on any atom is 0.227 e. The van der Waals surface area contributed by atoms with Gasteiger partial charge in [0, 0.05) is 36.5 Å². The van der Waals surface area contributed by atoms with Gasteiger partial charge in [0.05, 0.1) is 23.1 Å². The quantitative estimate of drug-likeness (QED) is 0.561. The molecule has 1 aliphatic rings. The van der Waals surface area contributed by atoms with Gasteiger partial charge in [0.1, 0.15) is 5.82 Å². The van der Waals surface area contributed by atoms with Crippen LogP contribution < -0.4 is 4.90 Å². The average Bonchev–Trinajstić information content (AvgIpc) is 2.78. The zero-order valence-electron chi connectivity index (χ0n) is 16.9. The number of carbonyl (C=O) groups excluding carboxylic acids is 1. The summed E-state index contributed by atoms with van der Waals surface area (Å²) in [5.41, 5.74) is 2.52. The van der Waals surface area contributed by atoms with Gasteiger partial charge in [-0.25, -0.2) is 4.98 Å². The summed E-state index contributed by atoms with van der Waals surface area (Å²) in [5, 5.41) is 10.5. The molecule has 0 spiro atoms. The number of amides is 1. The molecule has 0 bridgehead atoms. The van der Waals surface area contributed by atoms with E-state index in [9.17, 15) is 10.1 Å². The Kier molecular flexibility index (Phi) is 6.01. The summed E-state index contributed by atoms with van der Waals surface area (Å²) < 4.78 is 0.922. The third-order valence-electron chi connectivity index (χ3n) is 5.61. The van der Waals surface area contributed by atoms with Crippen molar-refractivity contribution in [3.05, 3.63) is 70.2 Å². The number of nitrogens with zero attached hydrogens (tertiary/aromatic N) is 4. The highest BCUT2D eigenvalue weighted by molar-refractivity contribution is 9.10. The summed E-state index contributed by atoms with van der Waals surface area (Å²) in [6.07, 6.45) is 1.80. The van der Waals surface area contributed by atoms with E-state index in [1.54, 1.807) is 0 Å². The molecule has 1 fully saturated rings. The minimum absolute atomic E-state index is 0.0691. The number of aromatic nitrogens is 1. The predicted octanol–water partition coefficient (Wildman–Crippen LogP) is 4.74. The summed E-state index contributed by atoms with van der Waals surface area (Å²) in [4.78, 5) is 21.8. The average molecular weight is 463 g/mol. The lowest BCUT2D eigenvalue weighted by atomic mass is 9.96. The van der Waals surface area contributed by atoms with Crippen molar-refractivity contribution in [1.82, 2.24) is 9.88 Å². The SMILES string of the molecule is CN(Cc1ccccc1)C(=O)[C@H]1CCCN(c2cc(C#N)c3cc(Br)ccc3n2)C1. The third kappa shape index (κ3) is 4.31. The first kappa shape index (κ1) is 20.4. The fourth-order valence-corrected chi connectivity index (χ4v) is 4.43. The van der Waals surface area contributed by atoms with Gasteiger partial charge in [-0.1, -0.05) is 46.3 Å². The molecule has 2 aromatic carbocycles. The van der Waals surface area contributed by atoms with Crippen molar-refractivity contribution in [1.29, 1.82) is 5.26 Å². The van der Waals surface area contributed by atoms with E-state index in [0.717, 1.165) is 46.1 Å². The molecule has 0 aliphatic carbocycles. The number of pyridine rings is 1. The largest absolute Gasteiger partial charge is 0.356 e. The molecule has 6 heteroatoms. The van der Waals surface area contributed by atoms with Gasteiger partial charge < -0.3 is 9.80 Å². The van der Waals surface area contributed by atoms with Crippen LogP contribution in [0.1, 0.15) is 24.0 Å². The molecule has 0 radical (unpaired) electrons. The molecule has 0 N–H and O–H groups in total. The number of carbonyl (C=O) groups is 1.